The van der Waals surface area contributed by atoms with Crippen LogP contribution in [0.15, 0.2) is 71.3 Å². The summed E-state index contributed by atoms with van der Waals surface area (Å²) in [6.07, 6.45) is 1.93. The van der Waals surface area contributed by atoms with Crippen molar-refractivity contribution in [3.63, 3.8) is 0 Å². The van der Waals surface area contributed by atoms with Gasteiger partial charge in [0.25, 0.3) is 5.91 Å². The predicted molar refractivity (Wildman–Crippen MR) is 135 cm³/mol. The summed E-state index contributed by atoms with van der Waals surface area (Å²) in [5, 5.41) is 13.2. The standard InChI is InChI=1S/C28H26N4O/c1-17-13-14-26(18(2)15-17)32-28(33)25(20(4)30-32)16-24-19(3)29-31(21(24)5)27-12-8-10-22-9-6-7-11-23(22)27/h6-16H,1-5H3/b25-16+. The molecule has 1 aliphatic heterocycles. The molecule has 5 nitrogen and oxygen atoms in total. The Kier molecular flexibility index (Phi) is 4.97. The monoisotopic (exact) mass is 434 g/mol. The Morgan fingerprint density at radius 3 is 2.39 bits per heavy atom. The van der Waals surface area contributed by atoms with Crippen molar-refractivity contribution in [2.24, 2.45) is 5.10 Å². The molecule has 0 N–H and O–H groups in total. The van der Waals surface area contributed by atoms with Crippen LogP contribution >= 0.6 is 0 Å². The number of aryl methyl sites for hydroxylation is 3. The van der Waals surface area contributed by atoms with Gasteiger partial charge in [-0.15, -0.1) is 0 Å². The van der Waals surface area contributed by atoms with E-state index in [1.54, 1.807) is 0 Å². The number of rotatable bonds is 3. The number of carbonyl (C=O) groups excluding carboxylic acids is 1. The summed E-state index contributed by atoms with van der Waals surface area (Å²) in [5.74, 6) is -0.115. The molecule has 0 saturated heterocycles. The quantitative estimate of drug-likeness (QED) is 0.368. The van der Waals surface area contributed by atoms with Crippen LogP contribution < -0.4 is 5.01 Å². The predicted octanol–water partition coefficient (Wildman–Crippen LogP) is 6.07. The molecule has 1 aliphatic rings. The molecule has 0 spiro atoms. The van der Waals surface area contributed by atoms with Crippen molar-refractivity contribution >= 4 is 34.2 Å². The van der Waals surface area contributed by atoms with E-state index >= 15 is 0 Å². The highest BCUT2D eigenvalue weighted by atomic mass is 16.2. The minimum absolute atomic E-state index is 0.115. The average molecular weight is 435 g/mol. The first-order chi connectivity index (χ1) is 15.8. The molecule has 0 radical (unpaired) electrons. The van der Waals surface area contributed by atoms with Gasteiger partial charge in [0.05, 0.1) is 28.4 Å². The second-order valence-electron chi connectivity index (χ2n) is 8.64. The zero-order valence-corrected chi connectivity index (χ0v) is 19.5. The zero-order valence-electron chi connectivity index (χ0n) is 19.5. The van der Waals surface area contributed by atoms with E-state index < -0.39 is 0 Å². The van der Waals surface area contributed by atoms with Crippen LogP contribution in [-0.4, -0.2) is 21.4 Å². The van der Waals surface area contributed by atoms with Gasteiger partial charge in [0.2, 0.25) is 0 Å². The van der Waals surface area contributed by atoms with E-state index in [2.05, 4.69) is 35.4 Å². The second kappa shape index (κ2) is 7.85. The molecule has 1 aromatic heterocycles. The number of amides is 1. The topological polar surface area (TPSA) is 50.5 Å². The molecule has 3 aromatic carbocycles. The highest BCUT2D eigenvalue weighted by Gasteiger charge is 2.30. The molecule has 4 aromatic rings. The molecule has 0 atom stereocenters. The molecule has 33 heavy (non-hydrogen) atoms. The van der Waals surface area contributed by atoms with E-state index in [0.717, 1.165) is 44.8 Å². The Hall–Kier alpha value is -3.99. The van der Waals surface area contributed by atoms with Crippen molar-refractivity contribution in [1.82, 2.24) is 9.78 Å². The number of hydrogen-bond acceptors (Lipinski definition) is 3. The SMILES string of the molecule is CC1=NN(c2ccc(C)cc2C)C(=O)/C1=C/c1c(C)nn(-c2cccc3ccccc23)c1C. The van der Waals surface area contributed by atoms with Gasteiger partial charge < -0.3 is 0 Å². The molecule has 0 fully saturated rings. The van der Waals surface area contributed by atoms with E-state index in [-0.39, 0.29) is 5.91 Å². The van der Waals surface area contributed by atoms with Gasteiger partial charge in [-0.25, -0.2) is 4.68 Å². The summed E-state index contributed by atoms with van der Waals surface area (Å²) in [4.78, 5) is 13.3. The highest BCUT2D eigenvalue weighted by Crippen LogP contribution is 2.30. The molecule has 5 rings (SSSR count). The first-order valence-corrected chi connectivity index (χ1v) is 11.1. The number of benzene rings is 3. The normalized spacial score (nSPS) is 15.1. The molecule has 0 bridgehead atoms. The van der Waals surface area contributed by atoms with Crippen molar-refractivity contribution in [2.45, 2.75) is 34.6 Å². The van der Waals surface area contributed by atoms with Gasteiger partial charge in [-0.2, -0.15) is 15.2 Å². The fourth-order valence-electron chi connectivity index (χ4n) is 4.53. The Balaban J connectivity index is 1.57. The fourth-order valence-corrected chi connectivity index (χ4v) is 4.53. The van der Waals surface area contributed by atoms with Crippen molar-refractivity contribution in [2.75, 3.05) is 5.01 Å². The molecule has 0 unspecified atom stereocenters. The molecule has 1 amide bonds. The van der Waals surface area contributed by atoms with Crippen molar-refractivity contribution < 1.29 is 4.79 Å². The van der Waals surface area contributed by atoms with E-state index in [0.29, 0.717) is 11.3 Å². The van der Waals surface area contributed by atoms with Gasteiger partial charge in [-0.05, 0) is 63.8 Å². The Bertz CT molecular complexity index is 1480. The van der Waals surface area contributed by atoms with E-state index in [1.165, 1.54) is 10.4 Å². The summed E-state index contributed by atoms with van der Waals surface area (Å²) in [6.45, 7) is 9.95. The molecule has 0 saturated carbocycles. The lowest BCUT2D eigenvalue weighted by molar-refractivity contribution is -0.114. The minimum atomic E-state index is -0.115. The maximum atomic E-state index is 13.3. The number of aromatic nitrogens is 2. The van der Waals surface area contributed by atoms with E-state index in [4.69, 9.17) is 5.10 Å². The Labute approximate surface area is 193 Å². The van der Waals surface area contributed by atoms with Gasteiger partial charge in [-0.1, -0.05) is 54.1 Å². The maximum Gasteiger partial charge on any atom is 0.280 e. The molecular weight excluding hydrogens is 408 g/mol. The summed E-state index contributed by atoms with van der Waals surface area (Å²) in [7, 11) is 0. The van der Waals surface area contributed by atoms with Crippen LogP contribution in [0.2, 0.25) is 0 Å². The van der Waals surface area contributed by atoms with E-state index in [9.17, 15) is 4.79 Å². The maximum absolute atomic E-state index is 13.3. The van der Waals surface area contributed by atoms with E-state index in [1.807, 2.05) is 75.7 Å². The van der Waals surface area contributed by atoms with Crippen LogP contribution in [0.4, 0.5) is 5.69 Å². The Morgan fingerprint density at radius 2 is 1.61 bits per heavy atom. The molecule has 5 heteroatoms. The minimum Gasteiger partial charge on any atom is -0.267 e. The first kappa shape index (κ1) is 20.9. The van der Waals surface area contributed by atoms with Crippen LogP contribution in [-0.2, 0) is 4.79 Å². The van der Waals surface area contributed by atoms with Gasteiger partial charge >= 0.3 is 0 Å². The number of fused-ring (bicyclic) bond motifs is 1. The number of hydrogen-bond donors (Lipinski definition) is 0. The fraction of sp³-hybridized carbons (Fsp3) is 0.179. The number of carbonyl (C=O) groups is 1. The van der Waals surface area contributed by atoms with Gasteiger partial charge in [0.1, 0.15) is 0 Å². The van der Waals surface area contributed by atoms with Crippen molar-refractivity contribution in [3.8, 4) is 5.69 Å². The van der Waals surface area contributed by atoms with Crippen LogP contribution in [0.1, 0.15) is 35.0 Å². The highest BCUT2D eigenvalue weighted by molar-refractivity contribution is 6.32. The van der Waals surface area contributed by atoms with Crippen LogP contribution in [0.25, 0.3) is 22.5 Å². The lowest BCUT2D eigenvalue weighted by Crippen LogP contribution is -2.22. The van der Waals surface area contributed by atoms with Gasteiger partial charge in [-0.3, -0.25) is 4.79 Å². The molecule has 2 heterocycles. The largest absolute Gasteiger partial charge is 0.280 e. The summed E-state index contributed by atoms with van der Waals surface area (Å²) < 4.78 is 1.97. The number of nitrogens with zero attached hydrogens (tertiary/aromatic N) is 4. The average Bonchev–Trinajstić information content (AvgIpc) is 3.23. The third-order valence-corrected chi connectivity index (χ3v) is 6.27. The Morgan fingerprint density at radius 1 is 0.848 bits per heavy atom. The van der Waals surface area contributed by atoms with Gasteiger partial charge in [0, 0.05) is 16.6 Å². The first-order valence-electron chi connectivity index (χ1n) is 11.1. The summed E-state index contributed by atoms with van der Waals surface area (Å²) >= 11 is 0. The van der Waals surface area contributed by atoms with Crippen molar-refractivity contribution in [1.29, 1.82) is 0 Å². The number of hydrazone groups is 1. The number of anilines is 1. The second-order valence-corrected chi connectivity index (χ2v) is 8.64. The molecule has 0 aliphatic carbocycles. The summed E-state index contributed by atoms with van der Waals surface area (Å²) in [6, 6.07) is 20.5. The van der Waals surface area contributed by atoms with Crippen LogP contribution in [0.3, 0.4) is 0 Å². The third kappa shape index (κ3) is 3.46. The lowest BCUT2D eigenvalue weighted by Gasteiger charge is -2.15. The smallest absolute Gasteiger partial charge is 0.267 e. The molecule has 164 valence electrons. The molecular formula is C28H26N4O. The van der Waals surface area contributed by atoms with Crippen LogP contribution in [0, 0.1) is 27.7 Å². The third-order valence-electron chi connectivity index (χ3n) is 6.27. The van der Waals surface area contributed by atoms with Gasteiger partial charge in [0.15, 0.2) is 0 Å². The lowest BCUT2D eigenvalue weighted by atomic mass is 10.0. The summed E-state index contributed by atoms with van der Waals surface area (Å²) in [5.41, 5.74) is 8.13. The van der Waals surface area contributed by atoms with Crippen molar-refractivity contribution in [3.05, 3.63) is 94.3 Å². The van der Waals surface area contributed by atoms with Crippen LogP contribution in [0.5, 0.6) is 0 Å². The zero-order chi connectivity index (χ0) is 23.3.